The molecule has 1 aromatic rings. The molecule has 1 aromatic heterocycles. The second kappa shape index (κ2) is 5.72. The first-order chi connectivity index (χ1) is 8.29. The number of anilines is 2. The molecule has 17 heavy (non-hydrogen) atoms. The Bertz CT molecular complexity index is 364. The van der Waals surface area contributed by atoms with Crippen molar-refractivity contribution in [2.75, 3.05) is 44.3 Å². The van der Waals surface area contributed by atoms with Gasteiger partial charge in [0, 0.05) is 19.2 Å². The van der Waals surface area contributed by atoms with Gasteiger partial charge in [0.25, 0.3) is 0 Å². The van der Waals surface area contributed by atoms with Crippen molar-refractivity contribution in [3.05, 3.63) is 12.1 Å². The fourth-order valence-corrected chi connectivity index (χ4v) is 2.05. The average Bonchev–Trinajstić information content (AvgIpc) is 2.84. The Hall–Kier alpha value is -1.49. The first-order valence-corrected chi connectivity index (χ1v) is 6.06. The zero-order valence-electron chi connectivity index (χ0n) is 10.3. The van der Waals surface area contributed by atoms with Crippen molar-refractivity contribution in [3.8, 4) is 5.88 Å². The number of ether oxygens (including phenoxy) is 1. The number of pyridine rings is 1. The molecule has 0 bridgehead atoms. The molecule has 0 aromatic carbocycles. The van der Waals surface area contributed by atoms with Gasteiger partial charge in [0.05, 0.1) is 12.8 Å². The van der Waals surface area contributed by atoms with Crippen molar-refractivity contribution in [1.29, 1.82) is 0 Å². The second-order valence-electron chi connectivity index (χ2n) is 4.27. The Morgan fingerprint density at radius 1 is 1.41 bits per heavy atom. The number of aromatic nitrogens is 1. The molecule has 1 aliphatic rings. The molecular weight excluding hydrogens is 216 g/mol. The van der Waals surface area contributed by atoms with Gasteiger partial charge >= 0.3 is 0 Å². The van der Waals surface area contributed by atoms with Crippen LogP contribution in [0.5, 0.6) is 5.88 Å². The molecule has 0 saturated carbocycles. The van der Waals surface area contributed by atoms with Crippen LogP contribution in [0.3, 0.4) is 0 Å². The average molecular weight is 236 g/mol. The van der Waals surface area contributed by atoms with Crippen LogP contribution in [0, 0.1) is 0 Å². The van der Waals surface area contributed by atoms with Crippen molar-refractivity contribution in [2.24, 2.45) is 0 Å². The number of nitrogens with zero attached hydrogens (tertiary/aromatic N) is 2. The number of methoxy groups -OCH3 is 1. The SMILES string of the molecule is COc1ccc(N)c(NCCN2CCCC2)n1. The van der Waals surface area contributed by atoms with E-state index in [1.165, 1.54) is 25.9 Å². The van der Waals surface area contributed by atoms with Crippen LogP contribution in [0.25, 0.3) is 0 Å². The van der Waals surface area contributed by atoms with Crippen LogP contribution in [0.1, 0.15) is 12.8 Å². The van der Waals surface area contributed by atoms with Gasteiger partial charge in [-0.25, -0.2) is 0 Å². The maximum absolute atomic E-state index is 5.84. The van der Waals surface area contributed by atoms with Crippen LogP contribution in [-0.2, 0) is 0 Å². The number of likely N-dealkylation sites (tertiary alicyclic amines) is 1. The lowest BCUT2D eigenvalue weighted by atomic mass is 10.4. The molecule has 0 radical (unpaired) electrons. The Balaban J connectivity index is 1.84. The van der Waals surface area contributed by atoms with E-state index in [0.29, 0.717) is 17.4 Å². The Labute approximate surface area is 102 Å². The Morgan fingerprint density at radius 2 is 2.18 bits per heavy atom. The highest BCUT2D eigenvalue weighted by molar-refractivity contribution is 5.61. The van der Waals surface area contributed by atoms with E-state index in [-0.39, 0.29) is 0 Å². The normalized spacial score (nSPS) is 16.1. The smallest absolute Gasteiger partial charge is 0.215 e. The van der Waals surface area contributed by atoms with Gasteiger partial charge < -0.3 is 20.7 Å². The number of nitrogens with two attached hydrogens (primary N) is 1. The summed E-state index contributed by atoms with van der Waals surface area (Å²) in [5.74, 6) is 1.30. The van der Waals surface area contributed by atoms with Gasteiger partial charge in [-0.3, -0.25) is 0 Å². The number of rotatable bonds is 5. The maximum atomic E-state index is 5.84. The van der Waals surface area contributed by atoms with E-state index < -0.39 is 0 Å². The number of hydrogen-bond acceptors (Lipinski definition) is 5. The summed E-state index contributed by atoms with van der Waals surface area (Å²) in [6, 6.07) is 3.57. The minimum atomic E-state index is 0.586. The van der Waals surface area contributed by atoms with Gasteiger partial charge in [-0.2, -0.15) is 4.98 Å². The maximum Gasteiger partial charge on any atom is 0.215 e. The van der Waals surface area contributed by atoms with Crippen LogP contribution in [0.2, 0.25) is 0 Å². The van der Waals surface area contributed by atoms with Gasteiger partial charge in [-0.05, 0) is 32.0 Å². The van der Waals surface area contributed by atoms with Crippen molar-refractivity contribution in [2.45, 2.75) is 12.8 Å². The van der Waals surface area contributed by atoms with Crippen molar-refractivity contribution in [1.82, 2.24) is 9.88 Å². The summed E-state index contributed by atoms with van der Waals surface area (Å²) in [6.07, 6.45) is 2.64. The zero-order valence-corrected chi connectivity index (χ0v) is 10.3. The summed E-state index contributed by atoms with van der Waals surface area (Å²) in [7, 11) is 1.60. The topological polar surface area (TPSA) is 63.4 Å². The summed E-state index contributed by atoms with van der Waals surface area (Å²) in [5, 5.41) is 3.26. The Morgan fingerprint density at radius 3 is 2.88 bits per heavy atom. The first-order valence-electron chi connectivity index (χ1n) is 6.06. The van der Waals surface area contributed by atoms with Gasteiger partial charge in [-0.1, -0.05) is 0 Å². The lowest BCUT2D eigenvalue weighted by molar-refractivity contribution is 0.352. The van der Waals surface area contributed by atoms with Gasteiger partial charge in [0.2, 0.25) is 5.88 Å². The number of nitrogen functional groups attached to an aromatic ring is 1. The minimum absolute atomic E-state index is 0.586. The third-order valence-corrected chi connectivity index (χ3v) is 3.03. The summed E-state index contributed by atoms with van der Waals surface area (Å²) < 4.78 is 5.07. The van der Waals surface area contributed by atoms with Gasteiger partial charge in [0.1, 0.15) is 0 Å². The number of nitrogens with one attached hydrogen (secondary N) is 1. The predicted molar refractivity (Wildman–Crippen MR) is 69.4 cm³/mol. The summed E-state index contributed by atoms with van der Waals surface area (Å²) in [6.45, 7) is 4.33. The molecule has 0 unspecified atom stereocenters. The highest BCUT2D eigenvalue weighted by Gasteiger charge is 2.10. The fourth-order valence-electron chi connectivity index (χ4n) is 2.05. The van der Waals surface area contributed by atoms with Crippen molar-refractivity contribution < 1.29 is 4.74 Å². The molecule has 1 fully saturated rings. The molecule has 0 spiro atoms. The van der Waals surface area contributed by atoms with Crippen molar-refractivity contribution in [3.63, 3.8) is 0 Å². The summed E-state index contributed by atoms with van der Waals surface area (Å²) in [4.78, 5) is 6.73. The molecule has 1 aliphatic heterocycles. The first kappa shape index (κ1) is 12.0. The van der Waals surface area contributed by atoms with E-state index in [1.54, 1.807) is 13.2 Å². The van der Waals surface area contributed by atoms with Gasteiger partial charge in [-0.15, -0.1) is 0 Å². The second-order valence-corrected chi connectivity index (χ2v) is 4.27. The van der Waals surface area contributed by atoms with Crippen LogP contribution in [0.4, 0.5) is 11.5 Å². The van der Waals surface area contributed by atoms with Crippen molar-refractivity contribution >= 4 is 11.5 Å². The summed E-state index contributed by atoms with van der Waals surface area (Å²) in [5.41, 5.74) is 6.50. The highest BCUT2D eigenvalue weighted by Crippen LogP contribution is 2.19. The monoisotopic (exact) mass is 236 g/mol. The lowest BCUT2D eigenvalue weighted by Gasteiger charge is -2.15. The molecule has 94 valence electrons. The van der Waals surface area contributed by atoms with E-state index in [0.717, 1.165) is 13.1 Å². The molecule has 2 rings (SSSR count). The molecule has 5 nitrogen and oxygen atoms in total. The fraction of sp³-hybridized carbons (Fsp3) is 0.583. The molecule has 0 aliphatic carbocycles. The predicted octanol–water partition coefficient (Wildman–Crippen LogP) is 1.18. The van der Waals surface area contributed by atoms with E-state index in [4.69, 9.17) is 10.5 Å². The molecule has 1 saturated heterocycles. The van der Waals surface area contributed by atoms with Crippen LogP contribution in [0.15, 0.2) is 12.1 Å². The van der Waals surface area contributed by atoms with Gasteiger partial charge in [0.15, 0.2) is 5.82 Å². The third-order valence-electron chi connectivity index (χ3n) is 3.03. The number of hydrogen-bond donors (Lipinski definition) is 2. The van der Waals surface area contributed by atoms with Crippen LogP contribution in [-0.4, -0.2) is 43.2 Å². The Kier molecular flexibility index (Phi) is 4.03. The van der Waals surface area contributed by atoms with E-state index >= 15 is 0 Å². The van der Waals surface area contributed by atoms with E-state index in [2.05, 4.69) is 15.2 Å². The van der Waals surface area contributed by atoms with Crippen LogP contribution < -0.4 is 15.8 Å². The lowest BCUT2D eigenvalue weighted by Crippen LogP contribution is -2.26. The van der Waals surface area contributed by atoms with Crippen LogP contribution >= 0.6 is 0 Å². The summed E-state index contributed by atoms with van der Waals surface area (Å²) >= 11 is 0. The minimum Gasteiger partial charge on any atom is -0.481 e. The third kappa shape index (κ3) is 3.23. The zero-order chi connectivity index (χ0) is 12.1. The molecule has 0 amide bonds. The molecule has 0 atom stereocenters. The molecular formula is C12H20N4O. The van der Waals surface area contributed by atoms with E-state index in [1.807, 2.05) is 6.07 Å². The molecule has 2 heterocycles. The highest BCUT2D eigenvalue weighted by atomic mass is 16.5. The largest absolute Gasteiger partial charge is 0.481 e. The molecule has 5 heteroatoms. The standard InChI is InChI=1S/C12H20N4O/c1-17-11-5-4-10(13)12(15-11)14-6-9-16-7-2-3-8-16/h4-5H,2-3,6-9,13H2,1H3,(H,14,15). The van der Waals surface area contributed by atoms with E-state index in [9.17, 15) is 0 Å². The quantitative estimate of drug-likeness (QED) is 0.803. The molecule has 3 N–H and O–H groups in total.